The molecule has 0 N–H and O–H groups in total. The molecule has 114 valence electrons. The number of hydrogen-bond donors (Lipinski definition) is 0. The molecule has 1 atom stereocenters. The quantitative estimate of drug-likeness (QED) is 0.632. The van der Waals surface area contributed by atoms with Gasteiger partial charge in [-0.2, -0.15) is 4.31 Å². The summed E-state index contributed by atoms with van der Waals surface area (Å²) in [7, 11) is -2.45. The van der Waals surface area contributed by atoms with Gasteiger partial charge in [-0.05, 0) is 32.4 Å². The smallest absolute Gasteiger partial charge is 0.324 e. The summed E-state index contributed by atoms with van der Waals surface area (Å²) in [6.45, 7) is 3.95. The number of rotatable bonds is 3. The standard InChI is InChI=1S/C15H19NO4S/c1-11-4-6-13(7-5-11)21(18,19)16-9-8-12(2)10-14(16)15(17)20-3/h4-8,14H,9-10H2,1-3H3. The number of ether oxygens (including phenoxy) is 1. The topological polar surface area (TPSA) is 63.7 Å². The second kappa shape index (κ2) is 5.99. The largest absolute Gasteiger partial charge is 0.468 e. The molecule has 0 saturated carbocycles. The number of benzene rings is 1. The van der Waals surface area contributed by atoms with Gasteiger partial charge >= 0.3 is 5.97 Å². The Hall–Kier alpha value is -1.66. The van der Waals surface area contributed by atoms with E-state index in [9.17, 15) is 13.2 Å². The minimum Gasteiger partial charge on any atom is -0.468 e. The lowest BCUT2D eigenvalue weighted by Crippen LogP contribution is -2.47. The number of nitrogens with zero attached hydrogens (tertiary/aromatic N) is 1. The van der Waals surface area contributed by atoms with Crippen LogP contribution in [-0.2, 0) is 19.6 Å². The lowest BCUT2D eigenvalue weighted by Gasteiger charge is -2.31. The van der Waals surface area contributed by atoms with Crippen LogP contribution in [0.2, 0.25) is 0 Å². The van der Waals surface area contributed by atoms with Crippen molar-refractivity contribution in [3.8, 4) is 0 Å². The van der Waals surface area contributed by atoms with Gasteiger partial charge in [-0.1, -0.05) is 29.3 Å². The van der Waals surface area contributed by atoms with Crippen LogP contribution in [0, 0.1) is 6.92 Å². The normalized spacial score (nSPS) is 20.0. The Morgan fingerprint density at radius 1 is 1.24 bits per heavy atom. The number of methoxy groups -OCH3 is 1. The summed E-state index contributed by atoms with van der Waals surface area (Å²) in [6.07, 6.45) is 2.18. The van der Waals surface area contributed by atoms with E-state index in [1.165, 1.54) is 11.4 Å². The van der Waals surface area contributed by atoms with Gasteiger partial charge < -0.3 is 4.74 Å². The molecule has 1 unspecified atom stereocenters. The van der Waals surface area contributed by atoms with Crippen molar-refractivity contribution in [1.82, 2.24) is 4.31 Å². The monoisotopic (exact) mass is 309 g/mol. The van der Waals surface area contributed by atoms with Crippen LogP contribution < -0.4 is 0 Å². The van der Waals surface area contributed by atoms with Gasteiger partial charge in [0.2, 0.25) is 10.0 Å². The highest BCUT2D eigenvalue weighted by molar-refractivity contribution is 7.89. The first-order valence-electron chi connectivity index (χ1n) is 6.68. The Labute approximate surface area is 125 Å². The van der Waals surface area contributed by atoms with Gasteiger partial charge in [0.1, 0.15) is 6.04 Å². The zero-order valence-corrected chi connectivity index (χ0v) is 13.2. The number of hydrogen-bond acceptors (Lipinski definition) is 4. The van der Waals surface area contributed by atoms with Gasteiger partial charge in [-0.15, -0.1) is 0 Å². The molecule has 1 aliphatic heterocycles. The van der Waals surface area contributed by atoms with Crippen LogP contribution in [0.5, 0.6) is 0 Å². The predicted octanol–water partition coefficient (Wildman–Crippen LogP) is 1.88. The van der Waals surface area contributed by atoms with Gasteiger partial charge in [0.15, 0.2) is 0 Å². The van der Waals surface area contributed by atoms with Gasteiger partial charge in [-0.3, -0.25) is 4.79 Å². The molecule has 1 aliphatic rings. The van der Waals surface area contributed by atoms with Gasteiger partial charge in [0.05, 0.1) is 12.0 Å². The molecular weight excluding hydrogens is 290 g/mol. The second-order valence-corrected chi connectivity index (χ2v) is 7.07. The van der Waals surface area contributed by atoms with Crippen LogP contribution in [0.4, 0.5) is 0 Å². The Morgan fingerprint density at radius 3 is 2.43 bits per heavy atom. The number of aryl methyl sites for hydroxylation is 1. The SMILES string of the molecule is COC(=O)C1CC(C)=CCN1S(=O)(=O)c1ccc(C)cc1. The highest BCUT2D eigenvalue weighted by Gasteiger charge is 2.37. The molecule has 1 aromatic carbocycles. The summed E-state index contributed by atoms with van der Waals surface area (Å²) in [5.41, 5.74) is 1.97. The van der Waals surface area contributed by atoms with Crippen molar-refractivity contribution in [3.05, 3.63) is 41.5 Å². The summed E-state index contributed by atoms with van der Waals surface area (Å²) in [5, 5.41) is 0. The van der Waals surface area contributed by atoms with Crippen molar-refractivity contribution >= 4 is 16.0 Å². The number of sulfonamides is 1. The van der Waals surface area contributed by atoms with E-state index >= 15 is 0 Å². The Balaban J connectivity index is 2.41. The molecule has 0 fully saturated rings. The summed E-state index contributed by atoms with van der Waals surface area (Å²) in [5.74, 6) is -0.530. The minimum absolute atomic E-state index is 0.182. The van der Waals surface area contributed by atoms with Gasteiger partial charge in [0, 0.05) is 6.54 Å². The van der Waals surface area contributed by atoms with Crippen LogP contribution in [-0.4, -0.2) is 38.4 Å². The van der Waals surface area contributed by atoms with E-state index in [4.69, 9.17) is 4.74 Å². The summed E-state index contributed by atoms with van der Waals surface area (Å²) in [6, 6.07) is 5.80. The number of carbonyl (C=O) groups is 1. The fourth-order valence-electron chi connectivity index (χ4n) is 2.31. The van der Waals surface area contributed by atoms with E-state index in [1.54, 1.807) is 24.3 Å². The highest BCUT2D eigenvalue weighted by atomic mass is 32.2. The van der Waals surface area contributed by atoms with Crippen LogP contribution >= 0.6 is 0 Å². The van der Waals surface area contributed by atoms with Gasteiger partial charge in [-0.25, -0.2) is 8.42 Å². The highest BCUT2D eigenvalue weighted by Crippen LogP contribution is 2.26. The molecule has 0 aromatic heterocycles. The van der Waals surface area contributed by atoms with Crippen LogP contribution in [0.1, 0.15) is 18.9 Å². The van der Waals surface area contributed by atoms with E-state index in [0.717, 1.165) is 11.1 Å². The molecule has 0 spiro atoms. The first kappa shape index (κ1) is 15.7. The van der Waals surface area contributed by atoms with E-state index in [-0.39, 0.29) is 11.4 Å². The molecule has 0 radical (unpaired) electrons. The Bertz CT molecular complexity index is 661. The molecule has 21 heavy (non-hydrogen) atoms. The first-order valence-corrected chi connectivity index (χ1v) is 8.12. The van der Waals surface area contributed by atoms with Crippen molar-refractivity contribution in [1.29, 1.82) is 0 Å². The maximum Gasteiger partial charge on any atom is 0.324 e. The third kappa shape index (κ3) is 3.16. The molecular formula is C15H19NO4S. The molecule has 5 nitrogen and oxygen atoms in total. The fraction of sp³-hybridized carbons (Fsp3) is 0.400. The van der Waals surface area contributed by atoms with Crippen molar-refractivity contribution in [2.24, 2.45) is 0 Å². The van der Waals surface area contributed by atoms with Crippen molar-refractivity contribution in [3.63, 3.8) is 0 Å². The molecule has 0 saturated heterocycles. The maximum atomic E-state index is 12.7. The third-order valence-corrected chi connectivity index (χ3v) is 5.47. The van der Waals surface area contributed by atoms with E-state index in [0.29, 0.717) is 6.42 Å². The Morgan fingerprint density at radius 2 is 1.86 bits per heavy atom. The maximum absolute atomic E-state index is 12.7. The molecule has 0 aliphatic carbocycles. The fourth-order valence-corrected chi connectivity index (χ4v) is 3.83. The van der Waals surface area contributed by atoms with Crippen LogP contribution in [0.25, 0.3) is 0 Å². The molecule has 1 heterocycles. The second-order valence-electron chi connectivity index (χ2n) is 5.18. The summed E-state index contributed by atoms with van der Waals surface area (Å²) >= 11 is 0. The lowest BCUT2D eigenvalue weighted by molar-refractivity contribution is -0.145. The van der Waals surface area contributed by atoms with Crippen molar-refractivity contribution in [2.45, 2.75) is 31.2 Å². The minimum atomic E-state index is -3.72. The zero-order valence-electron chi connectivity index (χ0n) is 12.4. The summed E-state index contributed by atoms with van der Waals surface area (Å²) < 4.78 is 31.4. The van der Waals surface area contributed by atoms with Crippen LogP contribution in [0.3, 0.4) is 0 Å². The van der Waals surface area contributed by atoms with Crippen molar-refractivity contribution < 1.29 is 17.9 Å². The zero-order chi connectivity index (χ0) is 15.6. The molecule has 6 heteroatoms. The average Bonchev–Trinajstić information content (AvgIpc) is 2.46. The lowest BCUT2D eigenvalue weighted by atomic mass is 10.0. The number of carbonyl (C=O) groups excluding carboxylic acids is 1. The number of esters is 1. The van der Waals surface area contributed by atoms with E-state index in [2.05, 4.69) is 0 Å². The van der Waals surface area contributed by atoms with Crippen molar-refractivity contribution in [2.75, 3.05) is 13.7 Å². The first-order chi connectivity index (χ1) is 9.86. The molecule has 0 amide bonds. The van der Waals surface area contributed by atoms with Crippen LogP contribution in [0.15, 0.2) is 40.8 Å². The van der Waals surface area contributed by atoms with E-state index < -0.39 is 22.0 Å². The summed E-state index contributed by atoms with van der Waals surface area (Å²) in [4.78, 5) is 12.1. The molecule has 0 bridgehead atoms. The molecule has 1 aromatic rings. The third-order valence-electron chi connectivity index (χ3n) is 3.58. The predicted molar refractivity (Wildman–Crippen MR) is 79.2 cm³/mol. The van der Waals surface area contributed by atoms with E-state index in [1.807, 2.05) is 19.9 Å². The Kier molecular flexibility index (Phi) is 4.49. The average molecular weight is 309 g/mol. The van der Waals surface area contributed by atoms with Gasteiger partial charge in [0.25, 0.3) is 0 Å². The molecule has 2 rings (SSSR count).